The molecule has 0 bridgehead atoms. The highest BCUT2D eigenvalue weighted by molar-refractivity contribution is 5.35. The van der Waals surface area contributed by atoms with E-state index >= 15 is 0 Å². The summed E-state index contributed by atoms with van der Waals surface area (Å²) < 4.78 is 43.4. The van der Waals surface area contributed by atoms with Crippen LogP contribution in [-0.4, -0.2) is 0 Å². The van der Waals surface area contributed by atoms with E-state index in [9.17, 15) is 13.2 Å². The van der Waals surface area contributed by atoms with Crippen LogP contribution in [0, 0.1) is 5.92 Å². The van der Waals surface area contributed by atoms with Crippen LogP contribution < -0.4 is 4.74 Å². The average Bonchev–Trinajstić information content (AvgIpc) is 2.55. The van der Waals surface area contributed by atoms with Crippen molar-refractivity contribution < 1.29 is 17.9 Å². The Hall–Kier alpha value is -1.97. The van der Waals surface area contributed by atoms with Gasteiger partial charge in [0.25, 0.3) is 0 Å². The summed E-state index contributed by atoms with van der Waals surface area (Å²) in [6.45, 7) is 4.49. The van der Waals surface area contributed by atoms with Crippen molar-refractivity contribution in [2.45, 2.75) is 52.1 Å². The van der Waals surface area contributed by atoms with Gasteiger partial charge in [0.1, 0.15) is 11.5 Å². The minimum Gasteiger partial charge on any atom is -0.457 e. The van der Waals surface area contributed by atoms with E-state index in [1.165, 1.54) is 37.0 Å². The second kappa shape index (κ2) is 8.93. The molecule has 0 N–H and O–H groups in total. The molecule has 2 aromatic rings. The molecule has 0 heterocycles. The van der Waals surface area contributed by atoms with Crippen molar-refractivity contribution in [1.29, 1.82) is 0 Å². The Balaban J connectivity index is 1.92. The third kappa shape index (κ3) is 6.45. The van der Waals surface area contributed by atoms with E-state index in [-0.39, 0.29) is 0 Å². The maximum Gasteiger partial charge on any atom is 0.416 e. The van der Waals surface area contributed by atoms with Crippen molar-refractivity contribution >= 4 is 0 Å². The second-order valence-electron chi connectivity index (χ2n) is 6.56. The van der Waals surface area contributed by atoms with Crippen LogP contribution in [-0.2, 0) is 12.6 Å². The molecule has 2 rings (SSSR count). The van der Waals surface area contributed by atoms with Gasteiger partial charge in [0, 0.05) is 0 Å². The highest BCUT2D eigenvalue weighted by Crippen LogP contribution is 2.31. The normalized spacial score (nSPS) is 12.8. The van der Waals surface area contributed by atoms with Gasteiger partial charge in [-0.3, -0.25) is 0 Å². The number of benzene rings is 2. The first-order chi connectivity index (χ1) is 11.9. The van der Waals surface area contributed by atoms with Gasteiger partial charge in [-0.25, -0.2) is 0 Å². The fourth-order valence-electron chi connectivity index (χ4n) is 2.90. The molecule has 0 aliphatic rings. The number of alkyl halides is 3. The molecule has 1 atom stereocenters. The Morgan fingerprint density at radius 1 is 0.960 bits per heavy atom. The van der Waals surface area contributed by atoms with Crippen LogP contribution in [0.1, 0.15) is 50.7 Å². The Morgan fingerprint density at radius 2 is 1.68 bits per heavy atom. The molecule has 0 saturated heterocycles. The maximum atomic E-state index is 12.6. The number of ether oxygens (including phenoxy) is 1. The maximum absolute atomic E-state index is 12.6. The molecule has 0 amide bonds. The predicted molar refractivity (Wildman–Crippen MR) is 95.0 cm³/mol. The van der Waals surface area contributed by atoms with Crippen molar-refractivity contribution in [2.24, 2.45) is 5.92 Å². The lowest BCUT2D eigenvalue weighted by molar-refractivity contribution is -0.137. The third-order valence-electron chi connectivity index (χ3n) is 4.26. The quantitative estimate of drug-likeness (QED) is 0.487. The lowest BCUT2D eigenvalue weighted by Crippen LogP contribution is -2.04. The van der Waals surface area contributed by atoms with Gasteiger partial charge in [-0.05, 0) is 60.7 Å². The van der Waals surface area contributed by atoms with Crippen LogP contribution in [0.4, 0.5) is 13.2 Å². The average molecular weight is 350 g/mol. The molecule has 2 aromatic carbocycles. The summed E-state index contributed by atoms with van der Waals surface area (Å²) in [5, 5.41) is 0. The van der Waals surface area contributed by atoms with Crippen LogP contribution in [0.25, 0.3) is 0 Å². The zero-order valence-corrected chi connectivity index (χ0v) is 14.8. The van der Waals surface area contributed by atoms with Crippen LogP contribution in [0.2, 0.25) is 0 Å². The Labute approximate surface area is 147 Å². The molecule has 1 unspecified atom stereocenters. The van der Waals surface area contributed by atoms with Crippen molar-refractivity contribution in [3.8, 4) is 11.5 Å². The smallest absolute Gasteiger partial charge is 0.416 e. The van der Waals surface area contributed by atoms with E-state index in [0.717, 1.165) is 30.9 Å². The van der Waals surface area contributed by atoms with Crippen LogP contribution >= 0.6 is 0 Å². The summed E-state index contributed by atoms with van der Waals surface area (Å²) in [7, 11) is 0. The summed E-state index contributed by atoms with van der Waals surface area (Å²) in [6, 6.07) is 12.5. The summed E-state index contributed by atoms with van der Waals surface area (Å²) >= 11 is 0. The standard InChI is InChI=1S/C21H25F3O/c1-3-6-16(2)7-4-8-17-9-5-10-20(15-17)25-19-13-11-18(12-14-19)21(22,23)24/h5,9-16H,3-4,6-8H2,1-2H3. The minimum atomic E-state index is -4.33. The first-order valence-electron chi connectivity index (χ1n) is 8.82. The van der Waals surface area contributed by atoms with Crippen LogP contribution in [0.15, 0.2) is 48.5 Å². The number of aryl methyl sites for hydroxylation is 1. The predicted octanol–water partition coefficient (Wildman–Crippen LogP) is 7.26. The summed E-state index contributed by atoms with van der Waals surface area (Å²) in [5.41, 5.74) is 0.517. The van der Waals surface area contributed by atoms with Crippen molar-refractivity contribution in [1.82, 2.24) is 0 Å². The van der Waals surface area contributed by atoms with E-state index in [1.807, 2.05) is 18.2 Å². The first kappa shape index (κ1) is 19.4. The Bertz CT molecular complexity index is 647. The molecule has 25 heavy (non-hydrogen) atoms. The molecule has 1 nitrogen and oxygen atoms in total. The summed E-state index contributed by atoms with van der Waals surface area (Å²) in [6.07, 6.45) is 1.48. The zero-order valence-electron chi connectivity index (χ0n) is 14.8. The van der Waals surface area contributed by atoms with E-state index in [0.29, 0.717) is 11.5 Å². The molecule has 0 aliphatic heterocycles. The van der Waals surface area contributed by atoms with Crippen LogP contribution in [0.5, 0.6) is 11.5 Å². The second-order valence-corrected chi connectivity index (χ2v) is 6.56. The molecule has 0 saturated carbocycles. The fraction of sp³-hybridized carbons (Fsp3) is 0.429. The lowest BCUT2D eigenvalue weighted by Gasteiger charge is -2.11. The van der Waals surface area contributed by atoms with E-state index in [1.54, 1.807) is 0 Å². The van der Waals surface area contributed by atoms with Gasteiger partial charge in [-0.2, -0.15) is 13.2 Å². The van der Waals surface area contributed by atoms with Crippen molar-refractivity contribution in [2.75, 3.05) is 0 Å². The monoisotopic (exact) mass is 350 g/mol. The Kier molecular flexibility index (Phi) is 6.91. The minimum absolute atomic E-state index is 0.404. The van der Waals surface area contributed by atoms with Gasteiger partial charge >= 0.3 is 6.18 Å². The van der Waals surface area contributed by atoms with Gasteiger partial charge < -0.3 is 4.74 Å². The topological polar surface area (TPSA) is 9.23 Å². The van der Waals surface area contributed by atoms with Crippen LogP contribution in [0.3, 0.4) is 0 Å². The van der Waals surface area contributed by atoms with Crippen molar-refractivity contribution in [3.63, 3.8) is 0 Å². The molecular weight excluding hydrogens is 325 g/mol. The molecule has 0 fully saturated rings. The SMILES string of the molecule is CCCC(C)CCCc1cccc(Oc2ccc(C(F)(F)F)cc2)c1. The molecular formula is C21H25F3O. The molecule has 0 aliphatic carbocycles. The van der Waals surface area contributed by atoms with Gasteiger partial charge in [-0.1, -0.05) is 45.2 Å². The highest BCUT2D eigenvalue weighted by atomic mass is 19.4. The van der Waals surface area contributed by atoms with Gasteiger partial charge in [0.05, 0.1) is 5.56 Å². The number of hydrogen-bond donors (Lipinski definition) is 0. The third-order valence-corrected chi connectivity index (χ3v) is 4.26. The number of hydrogen-bond acceptors (Lipinski definition) is 1. The lowest BCUT2D eigenvalue weighted by atomic mass is 9.97. The van der Waals surface area contributed by atoms with Gasteiger partial charge in [0.2, 0.25) is 0 Å². The molecule has 0 spiro atoms. The van der Waals surface area contributed by atoms with Gasteiger partial charge in [0.15, 0.2) is 0 Å². The highest BCUT2D eigenvalue weighted by Gasteiger charge is 2.30. The largest absolute Gasteiger partial charge is 0.457 e. The first-order valence-corrected chi connectivity index (χ1v) is 8.82. The zero-order chi connectivity index (χ0) is 18.3. The fourth-order valence-corrected chi connectivity index (χ4v) is 2.90. The van der Waals surface area contributed by atoms with Crippen molar-refractivity contribution in [3.05, 3.63) is 59.7 Å². The number of halogens is 3. The van der Waals surface area contributed by atoms with Gasteiger partial charge in [-0.15, -0.1) is 0 Å². The summed E-state index contributed by atoms with van der Waals surface area (Å²) in [4.78, 5) is 0. The van der Waals surface area contributed by atoms with E-state index < -0.39 is 11.7 Å². The molecule has 0 aromatic heterocycles. The number of rotatable bonds is 8. The molecule has 136 valence electrons. The molecule has 4 heteroatoms. The van der Waals surface area contributed by atoms with E-state index in [2.05, 4.69) is 19.9 Å². The Morgan fingerprint density at radius 3 is 2.32 bits per heavy atom. The summed E-state index contributed by atoms with van der Waals surface area (Å²) in [5.74, 6) is 1.80. The van der Waals surface area contributed by atoms with E-state index in [4.69, 9.17) is 4.74 Å². The molecule has 0 radical (unpaired) electrons.